The van der Waals surface area contributed by atoms with Gasteiger partial charge in [0.15, 0.2) is 0 Å². The maximum absolute atomic E-state index is 5.89. The normalized spacial score (nSPS) is 20.5. The first kappa shape index (κ1) is 10.8. The SMILES string of the molecule is Clc1cccc(NCCC2CCCO2)c1. The topological polar surface area (TPSA) is 21.3 Å². The Morgan fingerprint density at radius 3 is 3.13 bits per heavy atom. The molecule has 1 aliphatic rings. The van der Waals surface area contributed by atoms with Crippen molar-refractivity contribution in [3.05, 3.63) is 29.3 Å². The lowest BCUT2D eigenvalue weighted by Gasteiger charge is -2.10. The molecule has 82 valence electrons. The second-order valence-electron chi connectivity index (χ2n) is 3.86. The zero-order valence-electron chi connectivity index (χ0n) is 8.71. The predicted octanol–water partition coefficient (Wildman–Crippen LogP) is 3.32. The molecule has 0 spiro atoms. The van der Waals surface area contributed by atoms with Crippen LogP contribution < -0.4 is 5.32 Å². The van der Waals surface area contributed by atoms with E-state index in [2.05, 4.69) is 5.32 Å². The molecule has 1 unspecified atom stereocenters. The summed E-state index contributed by atoms with van der Waals surface area (Å²) < 4.78 is 5.55. The molecule has 15 heavy (non-hydrogen) atoms. The van der Waals surface area contributed by atoms with Crippen LogP contribution in [0.15, 0.2) is 24.3 Å². The monoisotopic (exact) mass is 225 g/mol. The number of ether oxygens (including phenoxy) is 1. The molecule has 0 bridgehead atoms. The average molecular weight is 226 g/mol. The van der Waals surface area contributed by atoms with E-state index in [1.165, 1.54) is 12.8 Å². The molecular formula is C12H16ClNO. The Balaban J connectivity index is 1.73. The fourth-order valence-corrected chi connectivity index (χ4v) is 2.04. The number of anilines is 1. The van der Waals surface area contributed by atoms with Crippen molar-refractivity contribution in [2.45, 2.75) is 25.4 Å². The largest absolute Gasteiger partial charge is 0.385 e. The summed E-state index contributed by atoms with van der Waals surface area (Å²) in [5, 5.41) is 4.12. The van der Waals surface area contributed by atoms with Gasteiger partial charge in [0.2, 0.25) is 0 Å². The number of benzene rings is 1. The number of nitrogens with one attached hydrogen (secondary N) is 1. The summed E-state index contributed by atoms with van der Waals surface area (Å²) in [6.07, 6.45) is 3.95. The van der Waals surface area contributed by atoms with Crippen molar-refractivity contribution >= 4 is 17.3 Å². The maximum Gasteiger partial charge on any atom is 0.0592 e. The Bertz CT molecular complexity index is 310. The fraction of sp³-hybridized carbons (Fsp3) is 0.500. The van der Waals surface area contributed by atoms with Crippen LogP contribution in [0.25, 0.3) is 0 Å². The second kappa shape index (κ2) is 5.38. The van der Waals surface area contributed by atoms with E-state index in [9.17, 15) is 0 Å². The van der Waals surface area contributed by atoms with Gasteiger partial charge < -0.3 is 10.1 Å². The van der Waals surface area contributed by atoms with Crippen molar-refractivity contribution < 1.29 is 4.74 Å². The maximum atomic E-state index is 5.89. The number of rotatable bonds is 4. The molecule has 1 atom stereocenters. The molecule has 1 aromatic rings. The highest BCUT2D eigenvalue weighted by atomic mass is 35.5. The molecule has 0 radical (unpaired) electrons. The summed E-state index contributed by atoms with van der Waals surface area (Å²) in [5.41, 5.74) is 1.08. The Kier molecular flexibility index (Phi) is 3.87. The predicted molar refractivity (Wildman–Crippen MR) is 63.5 cm³/mol. The lowest BCUT2D eigenvalue weighted by Crippen LogP contribution is -2.12. The van der Waals surface area contributed by atoms with Gasteiger partial charge >= 0.3 is 0 Å². The Hall–Kier alpha value is -0.730. The summed E-state index contributed by atoms with van der Waals surface area (Å²) in [4.78, 5) is 0. The van der Waals surface area contributed by atoms with Crippen molar-refractivity contribution in [2.24, 2.45) is 0 Å². The molecule has 1 N–H and O–H groups in total. The zero-order valence-corrected chi connectivity index (χ0v) is 9.46. The third-order valence-corrected chi connectivity index (χ3v) is 2.88. The van der Waals surface area contributed by atoms with Gasteiger partial charge in [0.25, 0.3) is 0 Å². The summed E-state index contributed by atoms with van der Waals surface area (Å²) in [6.45, 7) is 1.88. The van der Waals surface area contributed by atoms with Crippen LogP contribution in [0, 0.1) is 0 Å². The molecule has 0 aromatic heterocycles. The summed E-state index contributed by atoms with van der Waals surface area (Å²) in [7, 11) is 0. The van der Waals surface area contributed by atoms with Gasteiger partial charge in [-0.25, -0.2) is 0 Å². The molecule has 3 heteroatoms. The van der Waals surface area contributed by atoms with E-state index in [4.69, 9.17) is 16.3 Å². The van der Waals surface area contributed by atoms with Gasteiger partial charge in [0, 0.05) is 23.9 Å². The molecule has 1 heterocycles. The minimum absolute atomic E-state index is 0.455. The minimum atomic E-state index is 0.455. The average Bonchev–Trinajstić information content (AvgIpc) is 2.71. The molecule has 0 amide bonds. The first-order valence-corrected chi connectivity index (χ1v) is 5.83. The van der Waals surface area contributed by atoms with E-state index >= 15 is 0 Å². The molecular weight excluding hydrogens is 210 g/mol. The van der Waals surface area contributed by atoms with E-state index in [0.29, 0.717) is 6.10 Å². The quantitative estimate of drug-likeness (QED) is 0.849. The molecule has 0 aliphatic carbocycles. The van der Waals surface area contributed by atoms with Gasteiger partial charge in [-0.3, -0.25) is 0 Å². The Morgan fingerprint density at radius 1 is 1.47 bits per heavy atom. The highest BCUT2D eigenvalue weighted by Crippen LogP contribution is 2.17. The van der Waals surface area contributed by atoms with Gasteiger partial charge in [-0.1, -0.05) is 17.7 Å². The molecule has 2 rings (SSSR count). The third-order valence-electron chi connectivity index (χ3n) is 2.64. The first-order valence-electron chi connectivity index (χ1n) is 5.45. The van der Waals surface area contributed by atoms with Crippen molar-refractivity contribution in [3.8, 4) is 0 Å². The van der Waals surface area contributed by atoms with Crippen LogP contribution in [0.2, 0.25) is 5.02 Å². The fourth-order valence-electron chi connectivity index (χ4n) is 1.85. The van der Waals surface area contributed by atoms with Crippen molar-refractivity contribution in [2.75, 3.05) is 18.5 Å². The Morgan fingerprint density at radius 2 is 2.40 bits per heavy atom. The highest BCUT2D eigenvalue weighted by molar-refractivity contribution is 6.30. The number of hydrogen-bond acceptors (Lipinski definition) is 2. The van der Waals surface area contributed by atoms with Crippen LogP contribution in [0.3, 0.4) is 0 Å². The molecule has 1 aliphatic heterocycles. The molecule has 2 nitrogen and oxygen atoms in total. The van der Waals surface area contributed by atoms with E-state index in [-0.39, 0.29) is 0 Å². The highest BCUT2D eigenvalue weighted by Gasteiger charge is 2.14. The lowest BCUT2D eigenvalue weighted by molar-refractivity contribution is 0.107. The minimum Gasteiger partial charge on any atom is -0.385 e. The molecule has 1 saturated heterocycles. The van der Waals surface area contributed by atoms with E-state index in [0.717, 1.165) is 30.3 Å². The van der Waals surface area contributed by atoms with Crippen LogP contribution in [0.5, 0.6) is 0 Å². The van der Waals surface area contributed by atoms with Crippen molar-refractivity contribution in [1.82, 2.24) is 0 Å². The van der Waals surface area contributed by atoms with Gasteiger partial charge in [-0.2, -0.15) is 0 Å². The van der Waals surface area contributed by atoms with Crippen molar-refractivity contribution in [3.63, 3.8) is 0 Å². The van der Waals surface area contributed by atoms with Crippen LogP contribution in [0.1, 0.15) is 19.3 Å². The summed E-state index contributed by atoms with van der Waals surface area (Å²) in [6, 6.07) is 7.81. The van der Waals surface area contributed by atoms with Gasteiger partial charge in [-0.05, 0) is 37.5 Å². The molecule has 1 aromatic carbocycles. The Labute approximate surface area is 95.6 Å². The third kappa shape index (κ3) is 3.40. The summed E-state index contributed by atoms with van der Waals surface area (Å²) in [5.74, 6) is 0. The lowest BCUT2D eigenvalue weighted by atomic mass is 10.2. The zero-order chi connectivity index (χ0) is 10.5. The van der Waals surface area contributed by atoms with Gasteiger partial charge in [-0.15, -0.1) is 0 Å². The smallest absolute Gasteiger partial charge is 0.0592 e. The molecule has 0 saturated carbocycles. The van der Waals surface area contributed by atoms with Crippen LogP contribution >= 0.6 is 11.6 Å². The van der Waals surface area contributed by atoms with E-state index < -0.39 is 0 Å². The van der Waals surface area contributed by atoms with E-state index in [1.807, 2.05) is 24.3 Å². The number of hydrogen-bond donors (Lipinski definition) is 1. The van der Waals surface area contributed by atoms with Crippen LogP contribution in [0.4, 0.5) is 5.69 Å². The summed E-state index contributed by atoms with van der Waals surface area (Å²) >= 11 is 5.89. The van der Waals surface area contributed by atoms with E-state index in [1.54, 1.807) is 0 Å². The number of halogens is 1. The first-order chi connectivity index (χ1) is 7.34. The van der Waals surface area contributed by atoms with Crippen LogP contribution in [-0.4, -0.2) is 19.3 Å². The van der Waals surface area contributed by atoms with Gasteiger partial charge in [0.05, 0.1) is 6.10 Å². The van der Waals surface area contributed by atoms with Gasteiger partial charge in [0.1, 0.15) is 0 Å². The van der Waals surface area contributed by atoms with Crippen LogP contribution in [-0.2, 0) is 4.74 Å². The standard InChI is InChI=1S/C12H16ClNO/c13-10-3-1-4-11(9-10)14-7-6-12-5-2-8-15-12/h1,3-4,9,12,14H,2,5-8H2. The van der Waals surface area contributed by atoms with Crippen molar-refractivity contribution in [1.29, 1.82) is 0 Å². The molecule has 1 fully saturated rings. The second-order valence-corrected chi connectivity index (χ2v) is 4.30.